The molecule has 1 aliphatic rings. The van der Waals surface area contributed by atoms with Gasteiger partial charge in [-0.3, -0.25) is 9.59 Å². The van der Waals surface area contributed by atoms with Crippen LogP contribution < -0.4 is 10.2 Å². The molecule has 3 aromatic rings. The van der Waals surface area contributed by atoms with Gasteiger partial charge in [0, 0.05) is 47.1 Å². The predicted octanol–water partition coefficient (Wildman–Crippen LogP) is 4.06. The summed E-state index contributed by atoms with van der Waals surface area (Å²) in [5, 5.41) is 3.18. The molecule has 0 bridgehead atoms. The molecule has 6 nitrogen and oxygen atoms in total. The highest BCUT2D eigenvalue weighted by atomic mass is 32.2. The summed E-state index contributed by atoms with van der Waals surface area (Å²) in [6.45, 7) is 0.666. The maximum Gasteiger partial charge on any atom is 0.227 e. The number of nitrogens with one attached hydrogen (secondary N) is 1. The minimum absolute atomic E-state index is 0.0369. The quantitative estimate of drug-likeness (QED) is 0.686. The molecule has 1 aliphatic heterocycles. The molecule has 0 radical (unpaired) electrons. The molecule has 1 N–H and O–H groups in total. The summed E-state index contributed by atoms with van der Waals surface area (Å²) >= 11 is 2.88. The third-order valence-corrected chi connectivity index (χ3v) is 5.97. The first kappa shape index (κ1) is 18.6. The number of anilines is 2. The second-order valence-electron chi connectivity index (χ2n) is 6.20. The first-order chi connectivity index (χ1) is 13.7. The van der Waals surface area contributed by atoms with Crippen molar-refractivity contribution in [3.05, 3.63) is 54.6 Å². The topological polar surface area (TPSA) is 75.2 Å². The Hall–Kier alpha value is -2.71. The van der Waals surface area contributed by atoms with E-state index in [4.69, 9.17) is 0 Å². The van der Waals surface area contributed by atoms with Crippen LogP contribution in [0.25, 0.3) is 11.4 Å². The zero-order valence-corrected chi connectivity index (χ0v) is 16.6. The molecule has 2 amide bonds. The highest BCUT2D eigenvalue weighted by Crippen LogP contribution is 2.34. The van der Waals surface area contributed by atoms with Gasteiger partial charge in [0.05, 0.1) is 5.69 Å². The number of benzene rings is 2. The summed E-state index contributed by atoms with van der Waals surface area (Å²) in [6, 6.07) is 17.5. The zero-order chi connectivity index (χ0) is 19.3. The smallest absolute Gasteiger partial charge is 0.227 e. The van der Waals surface area contributed by atoms with Gasteiger partial charge in [-0.05, 0) is 12.1 Å². The van der Waals surface area contributed by atoms with Gasteiger partial charge >= 0.3 is 0 Å². The largest absolute Gasteiger partial charge is 0.310 e. The number of nitrogens with zero attached hydrogens (tertiary/aromatic N) is 3. The van der Waals surface area contributed by atoms with E-state index in [1.54, 1.807) is 16.7 Å². The molecule has 2 heterocycles. The normalized spacial score (nSPS) is 13.1. The fourth-order valence-electron chi connectivity index (χ4n) is 2.94. The molecule has 0 spiro atoms. The Morgan fingerprint density at radius 2 is 1.82 bits per heavy atom. The third kappa shape index (κ3) is 4.23. The number of amides is 2. The van der Waals surface area contributed by atoms with Crippen molar-refractivity contribution in [2.24, 2.45) is 0 Å². The van der Waals surface area contributed by atoms with Crippen molar-refractivity contribution >= 4 is 45.9 Å². The number of aromatic nitrogens is 2. The first-order valence-corrected chi connectivity index (χ1v) is 10.7. The van der Waals surface area contributed by atoms with Crippen molar-refractivity contribution < 1.29 is 9.59 Å². The van der Waals surface area contributed by atoms with E-state index in [1.165, 1.54) is 0 Å². The standard InChI is InChI=1S/C20H18N4O2S2/c25-17(21-20-22-19(23-28-20)14-6-2-1-3-7-14)10-11-18(26)24-12-13-27-16-9-5-4-8-15(16)24/h1-9H,10-13H2,(H,21,22,23,25). The summed E-state index contributed by atoms with van der Waals surface area (Å²) < 4.78 is 4.27. The fourth-order valence-corrected chi connectivity index (χ4v) is 4.55. The Morgan fingerprint density at radius 1 is 1.04 bits per heavy atom. The number of hydrogen-bond acceptors (Lipinski definition) is 6. The summed E-state index contributed by atoms with van der Waals surface area (Å²) in [6.07, 6.45) is 0.278. The van der Waals surface area contributed by atoms with E-state index in [-0.39, 0.29) is 24.7 Å². The lowest BCUT2D eigenvalue weighted by Gasteiger charge is -2.28. The lowest BCUT2D eigenvalue weighted by atomic mass is 10.2. The van der Waals surface area contributed by atoms with Crippen LogP contribution in [-0.2, 0) is 9.59 Å². The van der Waals surface area contributed by atoms with Crippen molar-refractivity contribution in [1.29, 1.82) is 0 Å². The van der Waals surface area contributed by atoms with Crippen LogP contribution in [0.3, 0.4) is 0 Å². The summed E-state index contributed by atoms with van der Waals surface area (Å²) in [7, 11) is 0. The van der Waals surface area contributed by atoms with Gasteiger partial charge in [0.15, 0.2) is 5.82 Å². The van der Waals surface area contributed by atoms with Gasteiger partial charge in [-0.1, -0.05) is 42.5 Å². The maximum absolute atomic E-state index is 12.6. The first-order valence-electron chi connectivity index (χ1n) is 8.92. The third-order valence-electron chi connectivity index (χ3n) is 4.30. The average molecular weight is 411 g/mol. The van der Waals surface area contributed by atoms with Gasteiger partial charge in [0.25, 0.3) is 0 Å². The van der Waals surface area contributed by atoms with Crippen LogP contribution in [0.4, 0.5) is 10.8 Å². The lowest BCUT2D eigenvalue weighted by Crippen LogP contribution is -2.35. The van der Waals surface area contributed by atoms with E-state index in [0.717, 1.165) is 33.4 Å². The summed E-state index contributed by atoms with van der Waals surface area (Å²) in [5.41, 5.74) is 1.83. The number of fused-ring (bicyclic) bond motifs is 1. The summed E-state index contributed by atoms with van der Waals surface area (Å²) in [4.78, 5) is 32.1. The molecule has 28 heavy (non-hydrogen) atoms. The number of para-hydroxylation sites is 1. The van der Waals surface area contributed by atoms with Crippen LogP contribution in [0, 0.1) is 0 Å². The van der Waals surface area contributed by atoms with Crippen LogP contribution in [0.2, 0.25) is 0 Å². The van der Waals surface area contributed by atoms with Gasteiger partial charge in [-0.15, -0.1) is 11.8 Å². The Balaban J connectivity index is 1.33. The Labute approximate surface area is 171 Å². The highest BCUT2D eigenvalue weighted by Gasteiger charge is 2.23. The lowest BCUT2D eigenvalue weighted by molar-refractivity contribution is -0.122. The Kier molecular flexibility index (Phi) is 5.68. The fraction of sp³-hybridized carbons (Fsp3) is 0.200. The van der Waals surface area contributed by atoms with Gasteiger partial charge in [-0.2, -0.15) is 9.36 Å². The maximum atomic E-state index is 12.6. The van der Waals surface area contributed by atoms with E-state index in [2.05, 4.69) is 14.7 Å². The van der Waals surface area contributed by atoms with Crippen LogP contribution in [-0.4, -0.2) is 33.5 Å². The molecule has 4 rings (SSSR count). The number of carbonyl (C=O) groups is 2. The molecule has 8 heteroatoms. The minimum Gasteiger partial charge on any atom is -0.310 e. The molecular formula is C20H18N4O2S2. The van der Waals surface area contributed by atoms with Crippen LogP contribution in [0.5, 0.6) is 0 Å². The second kappa shape index (κ2) is 8.53. The van der Waals surface area contributed by atoms with Crippen LogP contribution >= 0.6 is 23.3 Å². The summed E-state index contributed by atoms with van der Waals surface area (Å²) in [5.74, 6) is 1.18. The minimum atomic E-state index is -0.233. The van der Waals surface area contributed by atoms with Crippen molar-refractivity contribution in [3.63, 3.8) is 0 Å². The van der Waals surface area contributed by atoms with E-state index in [1.807, 2.05) is 54.6 Å². The molecule has 2 aromatic carbocycles. The van der Waals surface area contributed by atoms with E-state index < -0.39 is 0 Å². The molecule has 0 saturated heterocycles. The van der Waals surface area contributed by atoms with Gasteiger partial charge in [-0.25, -0.2) is 0 Å². The number of carbonyl (C=O) groups excluding carboxylic acids is 2. The Bertz CT molecular complexity index is 991. The molecular weight excluding hydrogens is 392 g/mol. The van der Waals surface area contributed by atoms with Crippen molar-refractivity contribution in [1.82, 2.24) is 9.36 Å². The molecule has 0 atom stereocenters. The number of hydrogen-bond donors (Lipinski definition) is 1. The van der Waals surface area contributed by atoms with Crippen LogP contribution in [0.15, 0.2) is 59.5 Å². The molecule has 0 saturated carbocycles. The van der Waals surface area contributed by atoms with Crippen molar-refractivity contribution in [2.75, 3.05) is 22.5 Å². The van der Waals surface area contributed by atoms with E-state index in [9.17, 15) is 9.59 Å². The molecule has 142 valence electrons. The van der Waals surface area contributed by atoms with Crippen LogP contribution in [0.1, 0.15) is 12.8 Å². The predicted molar refractivity (Wildman–Crippen MR) is 113 cm³/mol. The van der Waals surface area contributed by atoms with E-state index >= 15 is 0 Å². The second-order valence-corrected chi connectivity index (χ2v) is 8.09. The number of rotatable bonds is 5. The monoisotopic (exact) mass is 410 g/mol. The van der Waals surface area contributed by atoms with Gasteiger partial charge in [0.2, 0.25) is 16.9 Å². The molecule has 0 aliphatic carbocycles. The number of thioether (sulfide) groups is 1. The molecule has 0 fully saturated rings. The Morgan fingerprint density at radius 3 is 2.68 bits per heavy atom. The molecule has 1 aromatic heterocycles. The van der Waals surface area contributed by atoms with Crippen molar-refractivity contribution in [2.45, 2.75) is 17.7 Å². The molecule has 0 unspecified atom stereocenters. The highest BCUT2D eigenvalue weighted by molar-refractivity contribution is 7.99. The SMILES string of the molecule is O=C(CCC(=O)N1CCSc2ccccc21)Nc1nc(-c2ccccc2)ns1. The average Bonchev–Trinajstić information content (AvgIpc) is 3.20. The van der Waals surface area contributed by atoms with Gasteiger partial charge in [0.1, 0.15) is 0 Å². The van der Waals surface area contributed by atoms with Gasteiger partial charge < -0.3 is 10.2 Å². The zero-order valence-electron chi connectivity index (χ0n) is 15.0. The van der Waals surface area contributed by atoms with E-state index in [0.29, 0.717) is 17.5 Å². The van der Waals surface area contributed by atoms with Crippen molar-refractivity contribution in [3.8, 4) is 11.4 Å².